The first-order chi connectivity index (χ1) is 16.6. The van der Waals surface area contributed by atoms with Crippen LogP contribution in [-0.4, -0.2) is 62.7 Å². The Labute approximate surface area is 202 Å². The molecule has 11 nitrogen and oxygen atoms in total. The molecule has 1 aliphatic heterocycles. The number of rotatable bonds is 9. The summed E-state index contributed by atoms with van der Waals surface area (Å²) in [6.07, 6.45) is 0.576. The number of anilines is 1. The first kappa shape index (κ1) is 25.3. The maximum atomic E-state index is 12.9. The number of nitrogens with zero attached hydrogens (tertiary/aromatic N) is 2. The monoisotopic (exact) mass is 485 g/mol. The number of hydrogen-bond acceptors (Lipinski definition) is 9. The Kier molecular flexibility index (Phi) is 7.80. The van der Waals surface area contributed by atoms with Crippen molar-refractivity contribution in [1.82, 2.24) is 10.2 Å². The van der Waals surface area contributed by atoms with Crippen LogP contribution in [0.15, 0.2) is 40.4 Å². The molecular formula is C24H27N3O8. The third kappa shape index (κ3) is 5.81. The fourth-order valence-electron chi connectivity index (χ4n) is 3.22. The highest BCUT2D eigenvalue weighted by Crippen LogP contribution is 2.29. The molecule has 2 heterocycles. The van der Waals surface area contributed by atoms with E-state index in [4.69, 9.17) is 13.9 Å². The fraction of sp³-hybridized carbons (Fsp3) is 0.333. The number of urea groups is 1. The van der Waals surface area contributed by atoms with Gasteiger partial charge in [0.1, 0.15) is 17.2 Å². The first-order valence-electron chi connectivity index (χ1n) is 10.8. The Morgan fingerprint density at radius 1 is 1.20 bits per heavy atom. The fourth-order valence-corrected chi connectivity index (χ4v) is 3.22. The molecule has 35 heavy (non-hydrogen) atoms. The van der Waals surface area contributed by atoms with Gasteiger partial charge in [-0.25, -0.2) is 14.4 Å². The summed E-state index contributed by atoms with van der Waals surface area (Å²) in [6.45, 7) is 3.30. The van der Waals surface area contributed by atoms with Crippen molar-refractivity contribution in [1.29, 1.82) is 0 Å². The van der Waals surface area contributed by atoms with Crippen molar-refractivity contribution in [2.45, 2.75) is 26.5 Å². The highest BCUT2D eigenvalue weighted by molar-refractivity contribution is 6.14. The Morgan fingerprint density at radius 2 is 1.94 bits per heavy atom. The molecule has 1 saturated heterocycles. The van der Waals surface area contributed by atoms with Gasteiger partial charge < -0.3 is 28.8 Å². The minimum absolute atomic E-state index is 0.0148. The van der Waals surface area contributed by atoms with Gasteiger partial charge in [0.2, 0.25) is 5.76 Å². The third-order valence-electron chi connectivity index (χ3n) is 5.06. The van der Waals surface area contributed by atoms with Crippen LogP contribution in [0.25, 0.3) is 6.08 Å². The molecule has 0 unspecified atom stereocenters. The van der Waals surface area contributed by atoms with Gasteiger partial charge in [0.15, 0.2) is 6.10 Å². The van der Waals surface area contributed by atoms with Crippen molar-refractivity contribution in [3.63, 3.8) is 0 Å². The molecule has 1 aromatic heterocycles. The summed E-state index contributed by atoms with van der Waals surface area (Å²) in [5, 5.41) is 2.53. The van der Waals surface area contributed by atoms with Gasteiger partial charge in [-0.05, 0) is 44.2 Å². The van der Waals surface area contributed by atoms with E-state index in [1.807, 2.05) is 25.1 Å². The Bertz CT molecular complexity index is 1170. The Morgan fingerprint density at radius 3 is 2.60 bits per heavy atom. The van der Waals surface area contributed by atoms with Gasteiger partial charge in [-0.2, -0.15) is 0 Å². The first-order valence-corrected chi connectivity index (χ1v) is 10.8. The lowest BCUT2D eigenvalue weighted by molar-refractivity contribution is -0.150. The van der Waals surface area contributed by atoms with Crippen LogP contribution in [0.5, 0.6) is 5.75 Å². The van der Waals surface area contributed by atoms with Crippen LogP contribution in [0.3, 0.4) is 0 Å². The highest BCUT2D eigenvalue weighted by Gasteiger charge is 2.34. The van der Waals surface area contributed by atoms with E-state index in [0.29, 0.717) is 11.3 Å². The molecule has 1 atom stereocenters. The quantitative estimate of drug-likeness (QED) is 0.324. The molecular weight excluding hydrogens is 458 g/mol. The second-order valence-electron chi connectivity index (χ2n) is 7.77. The van der Waals surface area contributed by atoms with E-state index in [-0.39, 0.29) is 30.4 Å². The van der Waals surface area contributed by atoms with Crippen molar-refractivity contribution < 1.29 is 37.8 Å². The number of carbonyl (C=O) groups excluding carboxylic acids is 4. The topological polar surface area (TPSA) is 128 Å². The van der Waals surface area contributed by atoms with Crippen LogP contribution in [0.4, 0.5) is 10.5 Å². The highest BCUT2D eigenvalue weighted by atomic mass is 16.6. The van der Waals surface area contributed by atoms with Crippen LogP contribution >= 0.6 is 0 Å². The number of furan rings is 1. The minimum Gasteiger partial charge on any atom is -0.478 e. The Balaban J connectivity index is 1.85. The van der Waals surface area contributed by atoms with Crippen molar-refractivity contribution in [3.8, 4) is 5.75 Å². The molecule has 3 rings (SSSR count). The molecule has 0 spiro atoms. The van der Waals surface area contributed by atoms with E-state index >= 15 is 0 Å². The van der Waals surface area contributed by atoms with E-state index in [2.05, 4.69) is 10.1 Å². The summed E-state index contributed by atoms with van der Waals surface area (Å²) in [4.78, 5) is 51.9. The zero-order chi connectivity index (χ0) is 25.7. The largest absolute Gasteiger partial charge is 0.478 e. The number of ether oxygens (including phenoxy) is 3. The second-order valence-corrected chi connectivity index (χ2v) is 7.77. The SMILES string of the molecule is CCOC(=O)[C@@H](C)Oc1cc(N(C)C)ccc1/C=C1\NC(=O)N(Cc2ccc(C(=O)OC)o2)C1=O. The summed E-state index contributed by atoms with van der Waals surface area (Å²) in [6, 6.07) is 7.48. The summed E-state index contributed by atoms with van der Waals surface area (Å²) in [5.74, 6) is -1.26. The molecule has 3 amide bonds. The predicted octanol–water partition coefficient (Wildman–Crippen LogP) is 2.56. The molecule has 11 heteroatoms. The number of amides is 3. The maximum Gasteiger partial charge on any atom is 0.373 e. The lowest BCUT2D eigenvalue weighted by Crippen LogP contribution is -2.30. The van der Waals surface area contributed by atoms with Crippen LogP contribution in [-0.2, 0) is 25.6 Å². The van der Waals surface area contributed by atoms with Crippen molar-refractivity contribution in [2.75, 3.05) is 32.7 Å². The summed E-state index contributed by atoms with van der Waals surface area (Å²) < 4.78 is 20.8. The zero-order valence-electron chi connectivity index (χ0n) is 20.1. The molecule has 1 aromatic carbocycles. The second kappa shape index (κ2) is 10.8. The molecule has 0 aliphatic carbocycles. The van der Waals surface area contributed by atoms with Crippen molar-refractivity contribution in [2.24, 2.45) is 0 Å². The van der Waals surface area contributed by atoms with Crippen LogP contribution < -0.4 is 15.0 Å². The molecule has 0 saturated carbocycles. The van der Waals surface area contributed by atoms with Crippen LogP contribution in [0, 0.1) is 0 Å². The number of hydrogen-bond donors (Lipinski definition) is 1. The van der Waals surface area contributed by atoms with Crippen LogP contribution in [0.1, 0.15) is 35.7 Å². The number of imide groups is 1. The molecule has 0 radical (unpaired) electrons. The Hall–Kier alpha value is -4.28. The maximum absolute atomic E-state index is 12.9. The average molecular weight is 485 g/mol. The van der Waals surface area contributed by atoms with E-state index in [9.17, 15) is 19.2 Å². The molecule has 1 aliphatic rings. The average Bonchev–Trinajstić information content (AvgIpc) is 3.40. The van der Waals surface area contributed by atoms with E-state index in [1.54, 1.807) is 26.0 Å². The molecule has 0 bridgehead atoms. The number of carbonyl (C=O) groups is 4. The number of benzene rings is 1. The number of nitrogens with one attached hydrogen (secondary N) is 1. The summed E-state index contributed by atoms with van der Waals surface area (Å²) >= 11 is 0. The van der Waals surface area contributed by atoms with Crippen LogP contribution in [0.2, 0.25) is 0 Å². The standard InChI is InChI=1S/C24H27N3O8/c1-6-33-22(29)14(2)34-20-12-16(26(3)4)8-7-15(20)11-18-21(28)27(24(31)25-18)13-17-9-10-19(35-17)23(30)32-5/h7-12,14H,6,13H2,1-5H3,(H,25,31)/b18-11-/t14-/m1/s1. The van der Waals surface area contributed by atoms with E-state index in [0.717, 1.165) is 10.6 Å². The normalized spacial score (nSPS) is 15.1. The predicted molar refractivity (Wildman–Crippen MR) is 125 cm³/mol. The molecule has 186 valence electrons. The molecule has 2 aromatic rings. The van der Waals surface area contributed by atoms with E-state index < -0.39 is 30.0 Å². The van der Waals surface area contributed by atoms with Gasteiger partial charge in [0.25, 0.3) is 5.91 Å². The van der Waals surface area contributed by atoms with Gasteiger partial charge >= 0.3 is 18.0 Å². The lowest BCUT2D eigenvalue weighted by atomic mass is 10.1. The summed E-state index contributed by atoms with van der Waals surface area (Å²) in [7, 11) is 4.92. The van der Waals surface area contributed by atoms with Gasteiger partial charge in [0, 0.05) is 31.4 Å². The molecule has 1 N–H and O–H groups in total. The van der Waals surface area contributed by atoms with Crippen molar-refractivity contribution >= 4 is 35.6 Å². The minimum atomic E-state index is -0.891. The van der Waals surface area contributed by atoms with Gasteiger partial charge in [0.05, 0.1) is 20.3 Å². The third-order valence-corrected chi connectivity index (χ3v) is 5.06. The molecule has 1 fully saturated rings. The smallest absolute Gasteiger partial charge is 0.373 e. The van der Waals surface area contributed by atoms with Crippen molar-refractivity contribution in [3.05, 3.63) is 53.1 Å². The number of methoxy groups -OCH3 is 1. The van der Waals surface area contributed by atoms with Gasteiger partial charge in [-0.1, -0.05) is 0 Å². The zero-order valence-corrected chi connectivity index (χ0v) is 20.1. The van der Waals surface area contributed by atoms with E-state index in [1.165, 1.54) is 25.3 Å². The summed E-state index contributed by atoms with van der Waals surface area (Å²) in [5.41, 5.74) is 1.30. The number of esters is 2. The van der Waals surface area contributed by atoms with Gasteiger partial charge in [-0.3, -0.25) is 9.69 Å². The van der Waals surface area contributed by atoms with Gasteiger partial charge in [-0.15, -0.1) is 0 Å². The lowest BCUT2D eigenvalue weighted by Gasteiger charge is -2.19.